The molecule has 0 unspecified atom stereocenters. The summed E-state index contributed by atoms with van der Waals surface area (Å²) < 4.78 is 0. The van der Waals surface area contributed by atoms with Crippen LogP contribution < -0.4 is 0 Å². The summed E-state index contributed by atoms with van der Waals surface area (Å²) in [4.78, 5) is 7.42. The minimum Gasteiger partial charge on any atom is -0.235 e. The largest absolute Gasteiger partial charge is 0.235 e. The van der Waals surface area contributed by atoms with Gasteiger partial charge in [-0.3, -0.25) is 0 Å². The lowest BCUT2D eigenvalue weighted by Crippen LogP contribution is -1.87. The minimum atomic E-state index is 1.04. The normalized spacial score (nSPS) is 14.3. The average molecular weight is 320 g/mol. The van der Waals surface area contributed by atoms with Crippen molar-refractivity contribution in [3.05, 3.63) is 45.3 Å². The first-order valence-corrected chi connectivity index (χ1v) is 9.04. The van der Waals surface area contributed by atoms with Crippen molar-refractivity contribution in [2.75, 3.05) is 0 Å². The van der Waals surface area contributed by atoms with Crippen molar-refractivity contribution in [2.45, 2.75) is 48.0 Å². The molecule has 0 aromatic carbocycles. The predicted octanol–water partition coefficient (Wildman–Crippen LogP) is 7.01. The van der Waals surface area contributed by atoms with Crippen molar-refractivity contribution in [1.29, 1.82) is 0 Å². The SMILES string of the molecule is C/C=C\S/C(=C\C)c1nc(/C(C)=C\CC)c(/C(C)=C\C)s1. The average Bonchev–Trinajstić information content (AvgIpc) is 2.92. The number of nitrogens with zero attached hydrogens (tertiary/aromatic N) is 1. The van der Waals surface area contributed by atoms with E-state index in [9.17, 15) is 0 Å². The monoisotopic (exact) mass is 319 g/mol. The number of hydrogen-bond donors (Lipinski definition) is 0. The van der Waals surface area contributed by atoms with Crippen molar-refractivity contribution in [3.63, 3.8) is 0 Å². The highest BCUT2D eigenvalue weighted by molar-refractivity contribution is 8.11. The molecule has 21 heavy (non-hydrogen) atoms. The van der Waals surface area contributed by atoms with Gasteiger partial charge in [-0.2, -0.15) is 0 Å². The molecule has 1 aromatic rings. The Morgan fingerprint density at radius 2 is 1.86 bits per heavy atom. The zero-order chi connectivity index (χ0) is 15.8. The fraction of sp³-hybridized carbons (Fsp3) is 0.389. The van der Waals surface area contributed by atoms with E-state index >= 15 is 0 Å². The molecule has 1 rings (SSSR count). The summed E-state index contributed by atoms with van der Waals surface area (Å²) >= 11 is 3.52. The summed E-state index contributed by atoms with van der Waals surface area (Å²) in [6.45, 7) is 12.7. The maximum Gasteiger partial charge on any atom is 0.131 e. The van der Waals surface area contributed by atoms with E-state index in [1.165, 1.54) is 20.9 Å². The molecule has 0 saturated carbocycles. The first kappa shape index (κ1) is 18.0. The van der Waals surface area contributed by atoms with Crippen LogP contribution in [0, 0.1) is 0 Å². The third kappa shape index (κ3) is 4.72. The molecule has 0 aliphatic heterocycles. The van der Waals surface area contributed by atoms with Gasteiger partial charge in [-0.25, -0.2) is 4.98 Å². The van der Waals surface area contributed by atoms with Crippen LogP contribution in [0.15, 0.2) is 29.7 Å². The summed E-state index contributed by atoms with van der Waals surface area (Å²) in [6, 6.07) is 0. The van der Waals surface area contributed by atoms with Crippen LogP contribution in [0.3, 0.4) is 0 Å². The molecule has 1 aromatic heterocycles. The Hall–Kier alpha value is -1.06. The van der Waals surface area contributed by atoms with Gasteiger partial charge in [-0.05, 0) is 57.6 Å². The van der Waals surface area contributed by atoms with Crippen LogP contribution in [0.25, 0.3) is 16.1 Å². The molecule has 0 bridgehead atoms. The number of aromatic nitrogens is 1. The van der Waals surface area contributed by atoms with Gasteiger partial charge in [-0.1, -0.05) is 43.0 Å². The fourth-order valence-corrected chi connectivity index (χ4v) is 3.84. The van der Waals surface area contributed by atoms with Crippen molar-refractivity contribution < 1.29 is 0 Å². The molecule has 1 heterocycles. The van der Waals surface area contributed by atoms with Gasteiger partial charge in [-0.15, -0.1) is 11.3 Å². The quantitative estimate of drug-likeness (QED) is 0.559. The molecule has 0 saturated heterocycles. The van der Waals surface area contributed by atoms with Gasteiger partial charge in [0, 0.05) is 4.91 Å². The van der Waals surface area contributed by atoms with Crippen LogP contribution in [0.1, 0.15) is 63.5 Å². The highest BCUT2D eigenvalue weighted by Gasteiger charge is 2.15. The van der Waals surface area contributed by atoms with Crippen LogP contribution in [0.2, 0.25) is 0 Å². The standard InChI is InChI=1S/C18H25NS2/c1-7-11-14(6)16-17(13(5)9-3)21-18(19-16)15(10-4)20-12-8-2/h8-12H,7H2,1-6H3/b12-8-,13-9-,14-11-,15-10-. The van der Waals surface area contributed by atoms with Gasteiger partial charge >= 0.3 is 0 Å². The zero-order valence-corrected chi connectivity index (χ0v) is 15.5. The lowest BCUT2D eigenvalue weighted by atomic mass is 10.1. The Balaban J connectivity index is 3.35. The Labute approximate surface area is 137 Å². The topological polar surface area (TPSA) is 12.9 Å². The van der Waals surface area contributed by atoms with E-state index in [-0.39, 0.29) is 0 Å². The molecule has 0 atom stereocenters. The molecule has 3 heteroatoms. The van der Waals surface area contributed by atoms with E-state index in [0.29, 0.717) is 0 Å². The van der Waals surface area contributed by atoms with Crippen LogP contribution in [0.5, 0.6) is 0 Å². The van der Waals surface area contributed by atoms with Crippen LogP contribution in [-0.4, -0.2) is 4.98 Å². The second-order valence-corrected chi connectivity index (χ2v) is 6.65. The maximum atomic E-state index is 4.91. The van der Waals surface area contributed by atoms with Crippen LogP contribution >= 0.6 is 23.1 Å². The van der Waals surface area contributed by atoms with Gasteiger partial charge in [0.2, 0.25) is 0 Å². The predicted molar refractivity (Wildman–Crippen MR) is 101 cm³/mol. The second kappa shape index (κ2) is 9.06. The van der Waals surface area contributed by atoms with Gasteiger partial charge in [0.15, 0.2) is 0 Å². The molecule has 1 nitrogen and oxygen atoms in total. The van der Waals surface area contributed by atoms with E-state index in [2.05, 4.69) is 64.3 Å². The highest BCUT2D eigenvalue weighted by atomic mass is 32.2. The Morgan fingerprint density at radius 3 is 2.38 bits per heavy atom. The first-order chi connectivity index (χ1) is 10.1. The van der Waals surface area contributed by atoms with Gasteiger partial charge < -0.3 is 0 Å². The Morgan fingerprint density at radius 1 is 1.14 bits per heavy atom. The summed E-state index contributed by atoms with van der Waals surface area (Å²) in [5.74, 6) is 0. The van der Waals surface area contributed by atoms with E-state index in [4.69, 9.17) is 4.98 Å². The van der Waals surface area contributed by atoms with E-state index in [1.54, 1.807) is 23.1 Å². The lowest BCUT2D eigenvalue weighted by Gasteiger charge is -2.01. The van der Waals surface area contributed by atoms with Crippen LogP contribution in [0.4, 0.5) is 0 Å². The van der Waals surface area contributed by atoms with Gasteiger partial charge in [0.25, 0.3) is 0 Å². The second-order valence-electron chi connectivity index (χ2n) is 4.70. The molecule has 0 fully saturated rings. The number of hydrogen-bond acceptors (Lipinski definition) is 3. The first-order valence-electron chi connectivity index (χ1n) is 7.34. The summed E-state index contributed by atoms with van der Waals surface area (Å²) in [6.07, 6.45) is 9.65. The Kier molecular flexibility index (Phi) is 7.76. The number of thioether (sulfide) groups is 1. The number of rotatable bonds is 6. The molecule has 0 radical (unpaired) electrons. The Bertz CT molecular complexity index is 586. The van der Waals surface area contributed by atoms with Gasteiger partial charge in [0.1, 0.15) is 5.01 Å². The smallest absolute Gasteiger partial charge is 0.131 e. The number of thiazole rings is 1. The van der Waals surface area contributed by atoms with Crippen LogP contribution in [-0.2, 0) is 0 Å². The molecule has 114 valence electrons. The third-order valence-electron chi connectivity index (χ3n) is 3.11. The van der Waals surface area contributed by atoms with Crippen molar-refractivity contribution in [2.24, 2.45) is 0 Å². The van der Waals surface area contributed by atoms with E-state index in [1.807, 2.05) is 6.92 Å². The molecule has 0 amide bonds. The van der Waals surface area contributed by atoms with E-state index < -0.39 is 0 Å². The molecule has 0 spiro atoms. The van der Waals surface area contributed by atoms with Crippen molar-refractivity contribution in [1.82, 2.24) is 4.98 Å². The van der Waals surface area contributed by atoms with E-state index in [0.717, 1.165) is 17.1 Å². The van der Waals surface area contributed by atoms with Crippen molar-refractivity contribution in [3.8, 4) is 0 Å². The fourth-order valence-electron chi connectivity index (χ4n) is 1.88. The third-order valence-corrected chi connectivity index (χ3v) is 5.55. The molecule has 0 N–H and O–H groups in total. The molecular weight excluding hydrogens is 294 g/mol. The zero-order valence-electron chi connectivity index (χ0n) is 13.9. The summed E-state index contributed by atoms with van der Waals surface area (Å²) in [7, 11) is 0. The maximum absolute atomic E-state index is 4.91. The van der Waals surface area contributed by atoms with Crippen molar-refractivity contribution >= 4 is 39.2 Å². The molecular formula is C18H25NS2. The summed E-state index contributed by atoms with van der Waals surface area (Å²) in [5.41, 5.74) is 3.69. The summed E-state index contributed by atoms with van der Waals surface area (Å²) in [5, 5.41) is 3.21. The van der Waals surface area contributed by atoms with Gasteiger partial charge in [0.05, 0.1) is 10.6 Å². The lowest BCUT2D eigenvalue weighted by molar-refractivity contribution is 1.21. The number of allylic oxidation sites excluding steroid dienone is 6. The minimum absolute atomic E-state index is 1.04. The molecule has 0 aliphatic rings. The molecule has 0 aliphatic carbocycles. The highest BCUT2D eigenvalue weighted by Crippen LogP contribution is 2.37.